The van der Waals surface area contributed by atoms with E-state index < -0.39 is 63.1 Å². The molecular formula is C42H81O12P. The lowest BCUT2D eigenvalue weighted by Gasteiger charge is -2.41. The maximum absolute atomic E-state index is 12.8. The van der Waals surface area contributed by atoms with Crippen molar-refractivity contribution in [3.05, 3.63) is 12.2 Å². The van der Waals surface area contributed by atoms with Gasteiger partial charge >= 0.3 is 13.8 Å². The predicted octanol–water partition coefficient (Wildman–Crippen LogP) is 8.36. The van der Waals surface area contributed by atoms with E-state index in [-0.39, 0.29) is 13.0 Å². The number of rotatable bonds is 37. The van der Waals surface area contributed by atoms with Gasteiger partial charge in [0.25, 0.3) is 0 Å². The Morgan fingerprint density at radius 2 is 0.982 bits per heavy atom. The van der Waals surface area contributed by atoms with E-state index in [1.54, 1.807) is 0 Å². The number of carbonyl (C=O) groups excluding carboxylic acids is 1. The standard InChI is InChI=1S/C42H81O12P/c1-3-5-7-9-11-13-15-16-17-18-19-20-22-24-26-28-30-32-51-33-35(53-36(43)31-29-27-25-23-21-14-12-10-8-6-4-2)34-52-55(49,50)54-42-40(47)38(45)37(44)39(46)41(42)48/h10,12,35,37-42,44-48H,3-9,11,13-34H2,1-2H3,(H,49,50)/b12-10-. The molecule has 0 radical (unpaired) electrons. The molecule has 55 heavy (non-hydrogen) atoms. The van der Waals surface area contributed by atoms with Crippen LogP contribution in [0.5, 0.6) is 0 Å². The van der Waals surface area contributed by atoms with E-state index in [4.69, 9.17) is 18.5 Å². The van der Waals surface area contributed by atoms with Crippen LogP contribution in [-0.4, -0.2) is 98.9 Å². The molecular weight excluding hydrogens is 727 g/mol. The Hall–Kier alpha value is -0.920. The molecule has 1 rings (SSSR count). The van der Waals surface area contributed by atoms with E-state index in [0.717, 1.165) is 57.8 Å². The molecule has 0 amide bonds. The lowest BCUT2D eigenvalue weighted by molar-refractivity contribution is -0.220. The number of hydrogen-bond acceptors (Lipinski definition) is 11. The number of phosphoric ester groups is 1. The van der Waals surface area contributed by atoms with Crippen molar-refractivity contribution < 1.29 is 58.3 Å². The van der Waals surface area contributed by atoms with E-state index in [1.807, 2.05) is 0 Å². The third kappa shape index (κ3) is 26.7. The highest BCUT2D eigenvalue weighted by Crippen LogP contribution is 2.47. The van der Waals surface area contributed by atoms with Gasteiger partial charge in [-0.2, -0.15) is 0 Å². The van der Waals surface area contributed by atoms with Crippen molar-refractivity contribution in [2.75, 3.05) is 19.8 Å². The summed E-state index contributed by atoms with van der Waals surface area (Å²) in [6.45, 7) is 4.22. The van der Waals surface area contributed by atoms with Gasteiger partial charge < -0.3 is 39.9 Å². The Bertz CT molecular complexity index is 968. The molecule has 6 atom stereocenters. The summed E-state index contributed by atoms with van der Waals surface area (Å²) >= 11 is 0. The largest absolute Gasteiger partial charge is 0.472 e. The van der Waals surface area contributed by atoms with Gasteiger partial charge in [-0.1, -0.05) is 161 Å². The third-order valence-electron chi connectivity index (χ3n) is 10.4. The van der Waals surface area contributed by atoms with E-state index in [1.165, 1.54) is 103 Å². The number of hydrogen-bond donors (Lipinski definition) is 6. The van der Waals surface area contributed by atoms with Crippen molar-refractivity contribution >= 4 is 13.8 Å². The van der Waals surface area contributed by atoms with E-state index in [2.05, 4.69) is 26.0 Å². The fourth-order valence-corrected chi connectivity index (χ4v) is 7.78. The summed E-state index contributed by atoms with van der Waals surface area (Å²) in [7, 11) is -5.01. The maximum atomic E-state index is 12.8. The molecule has 0 saturated heterocycles. The summed E-state index contributed by atoms with van der Waals surface area (Å²) in [5.41, 5.74) is 0. The van der Waals surface area contributed by atoms with Gasteiger partial charge in [0.2, 0.25) is 0 Å². The van der Waals surface area contributed by atoms with Gasteiger partial charge in [-0.15, -0.1) is 0 Å². The Morgan fingerprint density at radius 3 is 1.49 bits per heavy atom. The molecule has 0 aromatic carbocycles. The summed E-state index contributed by atoms with van der Waals surface area (Å²) in [6.07, 6.45) is 22.9. The Labute approximate surface area is 333 Å². The second-order valence-electron chi connectivity index (χ2n) is 15.6. The minimum Gasteiger partial charge on any atom is -0.457 e. The van der Waals surface area contributed by atoms with Crippen LogP contribution in [0.2, 0.25) is 0 Å². The van der Waals surface area contributed by atoms with Crippen LogP contribution >= 0.6 is 7.82 Å². The number of esters is 1. The summed E-state index contributed by atoms with van der Waals surface area (Å²) < 4.78 is 34.1. The fraction of sp³-hybridized carbons (Fsp3) is 0.929. The summed E-state index contributed by atoms with van der Waals surface area (Å²) in [6, 6.07) is 0. The highest BCUT2D eigenvalue weighted by molar-refractivity contribution is 7.47. The first-order valence-electron chi connectivity index (χ1n) is 22.0. The molecule has 326 valence electrons. The normalized spacial score (nSPS) is 23.3. The maximum Gasteiger partial charge on any atom is 0.472 e. The van der Waals surface area contributed by atoms with Crippen LogP contribution in [0.15, 0.2) is 12.2 Å². The van der Waals surface area contributed by atoms with Gasteiger partial charge in [0.05, 0.1) is 13.2 Å². The van der Waals surface area contributed by atoms with Crippen molar-refractivity contribution in [3.63, 3.8) is 0 Å². The molecule has 13 heteroatoms. The molecule has 1 fully saturated rings. The average molecular weight is 809 g/mol. The van der Waals surface area contributed by atoms with Crippen LogP contribution in [0.1, 0.15) is 187 Å². The van der Waals surface area contributed by atoms with Crippen LogP contribution in [-0.2, 0) is 27.9 Å². The number of phosphoric acid groups is 1. The lowest BCUT2D eigenvalue weighted by Crippen LogP contribution is -2.64. The summed E-state index contributed by atoms with van der Waals surface area (Å²) in [5.74, 6) is -0.485. The number of ether oxygens (including phenoxy) is 2. The van der Waals surface area contributed by atoms with Gasteiger partial charge in [0, 0.05) is 13.0 Å². The number of carbonyl (C=O) groups is 1. The Morgan fingerprint density at radius 1 is 0.564 bits per heavy atom. The molecule has 6 N–H and O–H groups in total. The zero-order chi connectivity index (χ0) is 40.6. The number of allylic oxidation sites excluding steroid dienone is 2. The van der Waals surface area contributed by atoms with Crippen LogP contribution in [0.4, 0.5) is 0 Å². The molecule has 1 aliphatic rings. The first kappa shape index (κ1) is 52.1. The van der Waals surface area contributed by atoms with Crippen molar-refractivity contribution in [3.8, 4) is 0 Å². The van der Waals surface area contributed by atoms with Crippen molar-refractivity contribution in [2.45, 2.75) is 230 Å². The Kier molecular flexibility index (Phi) is 32.2. The van der Waals surface area contributed by atoms with Gasteiger partial charge in [0.15, 0.2) is 0 Å². The topological polar surface area (TPSA) is 192 Å². The SMILES string of the molecule is CCCC/C=C\CCCCCCCC(=O)OC(COCCCCCCCCCCCCCCCCCCC)COP(=O)(O)OC1C(O)C(O)C(O)C(O)C1O. The average Bonchev–Trinajstić information content (AvgIpc) is 3.17. The van der Waals surface area contributed by atoms with Crippen LogP contribution in [0, 0.1) is 0 Å². The van der Waals surface area contributed by atoms with Gasteiger partial charge in [-0.3, -0.25) is 13.8 Å². The van der Waals surface area contributed by atoms with E-state index in [9.17, 15) is 39.8 Å². The molecule has 0 bridgehead atoms. The minimum atomic E-state index is -5.01. The zero-order valence-corrected chi connectivity index (χ0v) is 35.4. The van der Waals surface area contributed by atoms with E-state index in [0.29, 0.717) is 13.0 Å². The second kappa shape index (κ2) is 34.0. The number of unbranched alkanes of at least 4 members (excludes halogenated alkanes) is 23. The molecule has 6 unspecified atom stereocenters. The van der Waals surface area contributed by atoms with Crippen LogP contribution in [0.25, 0.3) is 0 Å². The molecule has 0 heterocycles. The van der Waals surface area contributed by atoms with Crippen LogP contribution < -0.4 is 0 Å². The molecule has 0 aromatic heterocycles. The monoisotopic (exact) mass is 809 g/mol. The van der Waals surface area contributed by atoms with Crippen molar-refractivity contribution in [2.24, 2.45) is 0 Å². The highest BCUT2D eigenvalue weighted by atomic mass is 31.2. The van der Waals surface area contributed by atoms with Crippen LogP contribution in [0.3, 0.4) is 0 Å². The summed E-state index contributed by atoms with van der Waals surface area (Å²) in [5, 5.41) is 50.1. The first-order chi connectivity index (χ1) is 26.5. The molecule has 12 nitrogen and oxygen atoms in total. The van der Waals surface area contributed by atoms with Gasteiger partial charge in [-0.05, 0) is 32.1 Å². The Balaban J connectivity index is 2.39. The van der Waals surface area contributed by atoms with Gasteiger partial charge in [0.1, 0.15) is 42.7 Å². The number of aliphatic hydroxyl groups is 5. The molecule has 0 aliphatic heterocycles. The molecule has 0 spiro atoms. The van der Waals surface area contributed by atoms with Crippen molar-refractivity contribution in [1.29, 1.82) is 0 Å². The molecule has 1 aliphatic carbocycles. The van der Waals surface area contributed by atoms with E-state index >= 15 is 0 Å². The lowest BCUT2D eigenvalue weighted by atomic mass is 9.85. The molecule has 0 aromatic rings. The van der Waals surface area contributed by atoms with Gasteiger partial charge in [-0.25, -0.2) is 4.57 Å². The predicted molar refractivity (Wildman–Crippen MR) is 217 cm³/mol. The molecule has 1 saturated carbocycles. The minimum absolute atomic E-state index is 0.0747. The highest BCUT2D eigenvalue weighted by Gasteiger charge is 2.51. The fourth-order valence-electron chi connectivity index (χ4n) is 6.81. The first-order valence-corrected chi connectivity index (χ1v) is 23.5. The summed E-state index contributed by atoms with van der Waals surface area (Å²) in [4.78, 5) is 23.0. The zero-order valence-electron chi connectivity index (χ0n) is 34.5. The number of aliphatic hydroxyl groups excluding tert-OH is 5. The van der Waals surface area contributed by atoms with Crippen molar-refractivity contribution in [1.82, 2.24) is 0 Å². The second-order valence-corrected chi connectivity index (χ2v) is 17.0. The third-order valence-corrected chi connectivity index (χ3v) is 11.4. The quantitative estimate of drug-likeness (QED) is 0.0152. The smallest absolute Gasteiger partial charge is 0.457 e.